The van der Waals surface area contributed by atoms with E-state index in [1.807, 2.05) is 78.4 Å². The van der Waals surface area contributed by atoms with Crippen LogP contribution in [0, 0.1) is 0 Å². The number of fused-ring (bicyclic) bond motifs is 3. The first-order valence-electron chi connectivity index (χ1n) is 11.0. The van der Waals surface area contributed by atoms with Gasteiger partial charge in [-0.05, 0) is 60.5 Å². The van der Waals surface area contributed by atoms with Crippen molar-refractivity contribution >= 4 is 17.5 Å². The molecule has 1 unspecified atom stereocenters. The van der Waals surface area contributed by atoms with Gasteiger partial charge in [-0.3, -0.25) is 4.79 Å². The van der Waals surface area contributed by atoms with Crippen LogP contribution in [0.15, 0.2) is 96.0 Å². The van der Waals surface area contributed by atoms with Crippen LogP contribution in [0.25, 0.3) is 5.69 Å². The van der Waals surface area contributed by atoms with E-state index in [0.717, 1.165) is 22.8 Å². The lowest BCUT2D eigenvalue weighted by Gasteiger charge is -2.31. The molecule has 1 aliphatic rings. The Labute approximate surface area is 198 Å². The van der Waals surface area contributed by atoms with Gasteiger partial charge in [0.25, 0.3) is 0 Å². The molecule has 0 spiro atoms. The zero-order valence-electron chi connectivity index (χ0n) is 18.7. The summed E-state index contributed by atoms with van der Waals surface area (Å²) in [7, 11) is 1.67. The Kier molecular flexibility index (Phi) is 5.73. The molecule has 0 radical (unpaired) electrons. The highest BCUT2D eigenvalue weighted by atomic mass is 32.2. The molecular weight excluding hydrogens is 430 g/mol. The zero-order chi connectivity index (χ0) is 22.8. The first kappa shape index (κ1) is 21.4. The number of carbonyl (C=O) groups excluding carboxylic acids is 1. The average Bonchev–Trinajstić information content (AvgIpc) is 3.33. The smallest absolute Gasteiger partial charge is 0.227 e. The van der Waals surface area contributed by atoms with Gasteiger partial charge in [0.05, 0.1) is 18.5 Å². The van der Waals surface area contributed by atoms with Gasteiger partial charge in [0, 0.05) is 22.4 Å². The number of benzene rings is 3. The van der Waals surface area contributed by atoms with Crippen LogP contribution in [0.2, 0.25) is 0 Å². The van der Waals surface area contributed by atoms with Crippen LogP contribution in [0.4, 0.5) is 0 Å². The highest BCUT2D eigenvalue weighted by molar-refractivity contribution is 7.98. The first-order chi connectivity index (χ1) is 16.1. The fourth-order valence-electron chi connectivity index (χ4n) is 4.30. The molecule has 0 saturated heterocycles. The minimum absolute atomic E-state index is 0.0217. The minimum Gasteiger partial charge on any atom is -0.497 e. The number of nitrogens with zero attached hydrogens (tertiary/aromatic N) is 1. The predicted molar refractivity (Wildman–Crippen MR) is 132 cm³/mol. The van der Waals surface area contributed by atoms with Gasteiger partial charge in [-0.2, -0.15) is 0 Å². The maximum Gasteiger partial charge on any atom is 0.227 e. The number of carbonyl (C=O) groups is 1. The topological polar surface area (TPSA) is 40.5 Å². The molecule has 166 valence electrons. The lowest BCUT2D eigenvalue weighted by molar-refractivity contribution is 0.0424. The fraction of sp³-hybridized carbons (Fsp3) is 0.179. The molecule has 4 aromatic rings. The van der Waals surface area contributed by atoms with Crippen LogP contribution in [0.5, 0.6) is 11.5 Å². The summed E-state index contributed by atoms with van der Waals surface area (Å²) in [5.41, 5.74) is 2.52. The van der Waals surface area contributed by atoms with Crippen LogP contribution < -0.4 is 9.47 Å². The van der Waals surface area contributed by atoms with E-state index in [2.05, 4.69) is 24.3 Å². The molecule has 4 nitrogen and oxygen atoms in total. The Morgan fingerprint density at radius 1 is 0.939 bits per heavy atom. The molecule has 1 aromatic heterocycles. The van der Waals surface area contributed by atoms with Gasteiger partial charge in [0.2, 0.25) is 5.78 Å². The second-order valence-electron chi connectivity index (χ2n) is 8.00. The Morgan fingerprint density at radius 2 is 1.70 bits per heavy atom. The van der Waals surface area contributed by atoms with E-state index in [0.29, 0.717) is 17.9 Å². The standard InChI is InChI=1S/C28H25NO3S/c1-3-28(27(30)25-8-6-18-29(25)24-7-4-5-9-26(24)32-28)21-12-10-20(11-13-21)19-33-23-16-14-22(31-2)15-17-23/h4-18H,3,19H2,1-2H3. The van der Waals surface area contributed by atoms with Crippen LogP contribution in [-0.4, -0.2) is 17.5 Å². The maximum absolute atomic E-state index is 13.8. The number of aromatic nitrogens is 1. The van der Waals surface area contributed by atoms with Gasteiger partial charge in [-0.25, -0.2) is 0 Å². The average molecular weight is 456 g/mol. The van der Waals surface area contributed by atoms with Crippen molar-refractivity contribution in [1.29, 1.82) is 0 Å². The van der Waals surface area contributed by atoms with Gasteiger partial charge in [0.1, 0.15) is 11.5 Å². The Balaban J connectivity index is 1.44. The molecule has 0 saturated carbocycles. The number of Topliss-reactive ketones (excluding diaryl/α,β-unsaturated/α-hetero) is 1. The number of hydrogen-bond acceptors (Lipinski definition) is 4. The monoisotopic (exact) mass is 455 g/mol. The predicted octanol–water partition coefficient (Wildman–Crippen LogP) is 6.66. The van der Waals surface area contributed by atoms with Crippen LogP contribution in [0.1, 0.15) is 35.0 Å². The molecule has 0 aliphatic carbocycles. The zero-order valence-corrected chi connectivity index (χ0v) is 19.5. The van der Waals surface area contributed by atoms with Gasteiger partial charge in [-0.15, -0.1) is 11.8 Å². The largest absolute Gasteiger partial charge is 0.497 e. The van der Waals surface area contributed by atoms with Crippen molar-refractivity contribution in [2.24, 2.45) is 0 Å². The highest BCUT2D eigenvalue weighted by Crippen LogP contribution is 2.41. The van der Waals surface area contributed by atoms with Crippen molar-refractivity contribution in [1.82, 2.24) is 4.57 Å². The molecule has 3 aromatic carbocycles. The Hall–Kier alpha value is -3.44. The highest BCUT2D eigenvalue weighted by Gasteiger charge is 2.45. The molecule has 1 aliphatic heterocycles. The maximum atomic E-state index is 13.8. The summed E-state index contributed by atoms with van der Waals surface area (Å²) in [6, 6.07) is 27.9. The molecule has 1 atom stereocenters. The van der Waals surface area contributed by atoms with E-state index in [1.165, 1.54) is 10.5 Å². The third-order valence-electron chi connectivity index (χ3n) is 6.14. The number of ketones is 1. The molecular formula is C28H25NO3S. The summed E-state index contributed by atoms with van der Waals surface area (Å²) in [5.74, 6) is 2.38. The molecule has 0 N–H and O–H groups in total. The van der Waals surface area contributed by atoms with Crippen molar-refractivity contribution in [3.63, 3.8) is 0 Å². The summed E-state index contributed by atoms with van der Waals surface area (Å²) in [5, 5.41) is 0. The molecule has 0 amide bonds. The Bertz CT molecular complexity index is 1280. The third kappa shape index (κ3) is 3.83. The number of thioether (sulfide) groups is 1. The first-order valence-corrected chi connectivity index (χ1v) is 12.0. The van der Waals surface area contributed by atoms with Crippen molar-refractivity contribution in [3.8, 4) is 17.2 Å². The number of rotatable bonds is 6. The minimum atomic E-state index is -1.07. The lowest BCUT2D eigenvalue weighted by Crippen LogP contribution is -2.41. The van der Waals surface area contributed by atoms with E-state index in [9.17, 15) is 4.79 Å². The second-order valence-corrected chi connectivity index (χ2v) is 9.05. The number of hydrogen-bond donors (Lipinski definition) is 0. The molecule has 0 bridgehead atoms. The second kappa shape index (κ2) is 8.83. The summed E-state index contributed by atoms with van der Waals surface area (Å²) >= 11 is 1.77. The molecule has 0 fully saturated rings. The van der Waals surface area contributed by atoms with Gasteiger partial charge < -0.3 is 14.0 Å². The molecule has 5 heteroatoms. The number of para-hydroxylation sites is 2. The number of ether oxygens (including phenoxy) is 2. The Morgan fingerprint density at radius 3 is 2.42 bits per heavy atom. The fourth-order valence-corrected chi connectivity index (χ4v) is 5.15. The lowest BCUT2D eigenvalue weighted by atomic mass is 9.84. The van der Waals surface area contributed by atoms with Crippen LogP contribution >= 0.6 is 11.8 Å². The summed E-state index contributed by atoms with van der Waals surface area (Å²) < 4.78 is 13.7. The quantitative estimate of drug-likeness (QED) is 0.305. The number of methoxy groups -OCH3 is 1. The van der Waals surface area contributed by atoms with E-state index < -0.39 is 5.60 Å². The van der Waals surface area contributed by atoms with E-state index in [1.54, 1.807) is 18.9 Å². The van der Waals surface area contributed by atoms with Crippen LogP contribution in [0.3, 0.4) is 0 Å². The van der Waals surface area contributed by atoms with Crippen LogP contribution in [-0.2, 0) is 11.4 Å². The van der Waals surface area contributed by atoms with Gasteiger partial charge >= 0.3 is 0 Å². The van der Waals surface area contributed by atoms with E-state index in [-0.39, 0.29) is 5.78 Å². The third-order valence-corrected chi connectivity index (χ3v) is 7.22. The van der Waals surface area contributed by atoms with E-state index in [4.69, 9.17) is 9.47 Å². The van der Waals surface area contributed by atoms with E-state index >= 15 is 0 Å². The summed E-state index contributed by atoms with van der Waals surface area (Å²) in [6.45, 7) is 2.01. The molecule has 2 heterocycles. The molecule has 5 rings (SSSR count). The van der Waals surface area contributed by atoms with Crippen molar-refractivity contribution < 1.29 is 14.3 Å². The normalized spacial score (nSPS) is 17.0. The van der Waals surface area contributed by atoms with Gasteiger partial charge in [-0.1, -0.05) is 43.3 Å². The summed E-state index contributed by atoms with van der Waals surface area (Å²) in [4.78, 5) is 15.0. The van der Waals surface area contributed by atoms with Crippen molar-refractivity contribution in [3.05, 3.63) is 108 Å². The van der Waals surface area contributed by atoms with Gasteiger partial charge in [0.15, 0.2) is 5.60 Å². The SMILES string of the molecule is CCC1(c2ccc(CSc3ccc(OC)cc3)cc2)Oc2ccccc2-n2cccc2C1=O. The summed E-state index contributed by atoms with van der Waals surface area (Å²) in [6.07, 6.45) is 2.45. The van der Waals surface area contributed by atoms with Crippen molar-refractivity contribution in [2.45, 2.75) is 29.6 Å². The van der Waals surface area contributed by atoms with Crippen molar-refractivity contribution in [2.75, 3.05) is 7.11 Å². The molecule has 33 heavy (non-hydrogen) atoms.